The fourth-order valence-electron chi connectivity index (χ4n) is 1.64. The molecule has 2 rings (SSSR count). The second-order valence-corrected chi connectivity index (χ2v) is 4.72. The number of hydrogen-bond acceptors (Lipinski definition) is 3. The molecule has 0 aliphatic carbocycles. The lowest BCUT2D eigenvalue weighted by atomic mass is 9.89. The van der Waals surface area contributed by atoms with Crippen LogP contribution in [0.5, 0.6) is 0 Å². The molecule has 1 aromatic carbocycles. The highest BCUT2D eigenvalue weighted by Crippen LogP contribution is 2.30. The molecule has 0 unspecified atom stereocenters. The van der Waals surface area contributed by atoms with E-state index in [-0.39, 0.29) is 5.41 Å². The lowest BCUT2D eigenvalue weighted by molar-refractivity contribution is 0.550. The second kappa shape index (κ2) is 3.26. The largest absolute Gasteiger partial charge is 0.399 e. The molecule has 0 bridgehead atoms. The molecule has 0 radical (unpaired) electrons. The Labute approximate surface area is 90.6 Å². The molecule has 1 aromatic rings. The molecule has 3 nitrogen and oxygen atoms in total. The first-order valence-corrected chi connectivity index (χ1v) is 5.18. The van der Waals surface area contributed by atoms with Gasteiger partial charge in [-0.15, -0.1) is 0 Å². The Morgan fingerprint density at radius 2 is 1.87 bits per heavy atom. The van der Waals surface area contributed by atoms with Crippen molar-refractivity contribution >= 4 is 17.1 Å². The molecule has 0 saturated carbocycles. The van der Waals surface area contributed by atoms with E-state index in [1.807, 2.05) is 29.3 Å². The molecule has 1 heterocycles. The van der Waals surface area contributed by atoms with E-state index in [9.17, 15) is 0 Å². The summed E-state index contributed by atoms with van der Waals surface area (Å²) in [4.78, 5) is 0. The molecular formula is C12H17N3. The lowest BCUT2D eigenvalue weighted by Crippen LogP contribution is -2.26. The van der Waals surface area contributed by atoms with Gasteiger partial charge in [0.05, 0.1) is 12.2 Å². The highest BCUT2D eigenvalue weighted by atomic mass is 15.5. The number of nitrogen functional groups attached to an aromatic ring is 1. The minimum Gasteiger partial charge on any atom is -0.399 e. The predicted octanol–water partition coefficient (Wildman–Crippen LogP) is 2.49. The Bertz CT molecular complexity index is 390. The van der Waals surface area contributed by atoms with Crippen molar-refractivity contribution in [3.63, 3.8) is 0 Å². The summed E-state index contributed by atoms with van der Waals surface area (Å²) < 4.78 is 0. The van der Waals surface area contributed by atoms with Gasteiger partial charge in [-0.3, -0.25) is 5.01 Å². The summed E-state index contributed by atoms with van der Waals surface area (Å²) >= 11 is 0. The first kappa shape index (κ1) is 10.0. The maximum absolute atomic E-state index is 5.65. The third-order valence-corrected chi connectivity index (χ3v) is 2.99. The topological polar surface area (TPSA) is 41.6 Å². The van der Waals surface area contributed by atoms with E-state index in [0.717, 1.165) is 17.9 Å². The van der Waals surface area contributed by atoms with Crippen LogP contribution in [-0.2, 0) is 0 Å². The zero-order valence-corrected chi connectivity index (χ0v) is 9.49. The molecule has 0 atom stereocenters. The van der Waals surface area contributed by atoms with Crippen LogP contribution in [0.25, 0.3) is 0 Å². The van der Waals surface area contributed by atoms with Crippen LogP contribution in [0, 0.1) is 5.41 Å². The number of anilines is 2. The predicted molar refractivity (Wildman–Crippen MR) is 65.1 cm³/mol. The van der Waals surface area contributed by atoms with Crippen molar-refractivity contribution in [2.75, 3.05) is 17.3 Å². The zero-order valence-electron chi connectivity index (χ0n) is 9.49. The van der Waals surface area contributed by atoms with Crippen molar-refractivity contribution in [3.8, 4) is 0 Å². The van der Waals surface area contributed by atoms with Crippen LogP contribution in [0.4, 0.5) is 11.4 Å². The minimum absolute atomic E-state index is 0.168. The molecule has 80 valence electrons. The van der Waals surface area contributed by atoms with E-state index in [1.54, 1.807) is 0 Å². The van der Waals surface area contributed by atoms with Gasteiger partial charge in [-0.1, -0.05) is 13.8 Å². The average molecular weight is 203 g/mol. The molecule has 0 fully saturated rings. The van der Waals surface area contributed by atoms with Gasteiger partial charge in [-0.05, 0) is 31.2 Å². The Morgan fingerprint density at radius 3 is 2.33 bits per heavy atom. The molecule has 0 saturated heterocycles. The summed E-state index contributed by atoms with van der Waals surface area (Å²) in [6.07, 6.45) is 0. The molecule has 0 amide bonds. The minimum atomic E-state index is 0.168. The first-order chi connectivity index (χ1) is 6.99. The molecule has 1 aliphatic rings. The van der Waals surface area contributed by atoms with Gasteiger partial charge in [0, 0.05) is 16.8 Å². The van der Waals surface area contributed by atoms with E-state index >= 15 is 0 Å². The summed E-state index contributed by atoms with van der Waals surface area (Å²) in [7, 11) is 0. The fourth-order valence-corrected chi connectivity index (χ4v) is 1.64. The SMILES string of the molecule is CC1=NN(c2ccc(N)cc2)CC1(C)C. The maximum atomic E-state index is 5.65. The van der Waals surface area contributed by atoms with Gasteiger partial charge in [-0.25, -0.2) is 0 Å². The highest BCUT2D eigenvalue weighted by molar-refractivity contribution is 5.91. The zero-order chi connectivity index (χ0) is 11.1. The summed E-state index contributed by atoms with van der Waals surface area (Å²) in [5, 5.41) is 6.59. The highest BCUT2D eigenvalue weighted by Gasteiger charge is 2.31. The standard InChI is InChI=1S/C12H17N3/c1-9-12(2,3)8-15(14-9)11-6-4-10(13)5-7-11/h4-7H,8,13H2,1-3H3. The molecular weight excluding hydrogens is 186 g/mol. The number of hydrazone groups is 1. The van der Waals surface area contributed by atoms with Crippen LogP contribution in [0.3, 0.4) is 0 Å². The molecule has 0 aromatic heterocycles. The van der Waals surface area contributed by atoms with E-state index in [2.05, 4.69) is 25.9 Å². The van der Waals surface area contributed by atoms with Crippen LogP contribution < -0.4 is 10.7 Å². The van der Waals surface area contributed by atoms with Crippen molar-refractivity contribution in [2.24, 2.45) is 10.5 Å². The molecule has 3 heteroatoms. The number of nitrogens with two attached hydrogens (primary N) is 1. The van der Waals surface area contributed by atoms with Gasteiger partial charge in [0.1, 0.15) is 0 Å². The Morgan fingerprint density at radius 1 is 1.27 bits per heavy atom. The van der Waals surface area contributed by atoms with Crippen molar-refractivity contribution in [1.82, 2.24) is 0 Å². The quantitative estimate of drug-likeness (QED) is 0.712. The van der Waals surface area contributed by atoms with E-state index in [1.165, 1.54) is 5.71 Å². The summed E-state index contributed by atoms with van der Waals surface area (Å²) in [5.74, 6) is 0. The molecule has 1 aliphatic heterocycles. The van der Waals surface area contributed by atoms with Gasteiger partial charge in [0.25, 0.3) is 0 Å². The number of hydrogen-bond donors (Lipinski definition) is 1. The first-order valence-electron chi connectivity index (χ1n) is 5.18. The van der Waals surface area contributed by atoms with Crippen molar-refractivity contribution in [3.05, 3.63) is 24.3 Å². The second-order valence-electron chi connectivity index (χ2n) is 4.72. The Kier molecular flexibility index (Phi) is 2.18. The van der Waals surface area contributed by atoms with Crippen LogP contribution in [0.15, 0.2) is 29.4 Å². The monoisotopic (exact) mass is 203 g/mol. The Hall–Kier alpha value is -1.51. The third-order valence-electron chi connectivity index (χ3n) is 2.99. The molecule has 0 spiro atoms. The van der Waals surface area contributed by atoms with Crippen LogP contribution in [0.2, 0.25) is 0 Å². The summed E-state index contributed by atoms with van der Waals surface area (Å²) in [5.41, 5.74) is 8.89. The van der Waals surface area contributed by atoms with Crippen LogP contribution in [0.1, 0.15) is 20.8 Å². The number of rotatable bonds is 1. The van der Waals surface area contributed by atoms with Crippen molar-refractivity contribution in [2.45, 2.75) is 20.8 Å². The van der Waals surface area contributed by atoms with Gasteiger partial charge < -0.3 is 5.73 Å². The number of benzene rings is 1. The maximum Gasteiger partial charge on any atom is 0.0595 e. The van der Waals surface area contributed by atoms with Gasteiger partial charge in [0.2, 0.25) is 0 Å². The summed E-state index contributed by atoms with van der Waals surface area (Å²) in [6, 6.07) is 7.83. The van der Waals surface area contributed by atoms with Gasteiger partial charge in [0.15, 0.2) is 0 Å². The van der Waals surface area contributed by atoms with Gasteiger partial charge in [-0.2, -0.15) is 5.10 Å². The smallest absolute Gasteiger partial charge is 0.0595 e. The molecule has 2 N–H and O–H groups in total. The number of nitrogens with zero attached hydrogens (tertiary/aromatic N) is 2. The van der Waals surface area contributed by atoms with Crippen molar-refractivity contribution in [1.29, 1.82) is 0 Å². The average Bonchev–Trinajstić information content (AvgIpc) is 2.42. The normalized spacial score (nSPS) is 19.1. The fraction of sp³-hybridized carbons (Fsp3) is 0.417. The third kappa shape index (κ3) is 1.82. The van der Waals surface area contributed by atoms with E-state index < -0.39 is 0 Å². The lowest BCUT2D eigenvalue weighted by Gasteiger charge is -2.20. The summed E-state index contributed by atoms with van der Waals surface area (Å²) in [6.45, 7) is 7.44. The van der Waals surface area contributed by atoms with Crippen LogP contribution >= 0.6 is 0 Å². The molecule has 15 heavy (non-hydrogen) atoms. The van der Waals surface area contributed by atoms with Crippen LogP contribution in [-0.4, -0.2) is 12.3 Å². The van der Waals surface area contributed by atoms with Crippen molar-refractivity contribution < 1.29 is 0 Å². The Balaban J connectivity index is 2.25. The van der Waals surface area contributed by atoms with Gasteiger partial charge >= 0.3 is 0 Å². The van der Waals surface area contributed by atoms with E-state index in [0.29, 0.717) is 0 Å². The van der Waals surface area contributed by atoms with E-state index in [4.69, 9.17) is 5.73 Å².